The minimum atomic E-state index is 0.0662. The number of amides is 1. The van der Waals surface area contributed by atoms with Gasteiger partial charge in [-0.3, -0.25) is 14.6 Å². The molecule has 3 aliphatic rings. The Morgan fingerprint density at radius 1 is 1.16 bits per heavy atom. The van der Waals surface area contributed by atoms with Crippen LogP contribution in [-0.2, 0) is 16.1 Å². The van der Waals surface area contributed by atoms with Crippen molar-refractivity contribution in [3.8, 4) is 0 Å². The number of carbonyl (C=O) groups excluding carboxylic acids is 1. The molecule has 0 N–H and O–H groups in total. The summed E-state index contributed by atoms with van der Waals surface area (Å²) in [6.07, 6.45) is 3.53. The van der Waals surface area contributed by atoms with Crippen LogP contribution in [0, 0.1) is 0 Å². The van der Waals surface area contributed by atoms with Gasteiger partial charge in [-0.1, -0.05) is 36.8 Å². The van der Waals surface area contributed by atoms with Crippen LogP contribution in [0.5, 0.6) is 0 Å². The molecule has 5 nitrogen and oxygen atoms in total. The first-order valence-electron chi connectivity index (χ1n) is 9.61. The van der Waals surface area contributed by atoms with Crippen molar-refractivity contribution in [2.24, 2.45) is 0 Å². The van der Waals surface area contributed by atoms with E-state index < -0.39 is 0 Å². The summed E-state index contributed by atoms with van der Waals surface area (Å²) >= 11 is 0. The fourth-order valence-corrected chi connectivity index (χ4v) is 4.55. The van der Waals surface area contributed by atoms with Gasteiger partial charge < -0.3 is 9.64 Å². The average molecular weight is 343 g/mol. The van der Waals surface area contributed by atoms with Crippen molar-refractivity contribution in [1.29, 1.82) is 0 Å². The number of hydrogen-bond acceptors (Lipinski definition) is 4. The Morgan fingerprint density at radius 2 is 2.00 bits per heavy atom. The molecule has 3 atom stereocenters. The summed E-state index contributed by atoms with van der Waals surface area (Å²) in [6, 6.07) is 11.0. The van der Waals surface area contributed by atoms with Crippen molar-refractivity contribution in [3.63, 3.8) is 0 Å². The number of nitrogens with zero attached hydrogens (tertiary/aromatic N) is 3. The highest BCUT2D eigenvalue weighted by Gasteiger charge is 2.43. The number of morpholine rings is 1. The number of fused-ring (bicyclic) bond motifs is 1. The monoisotopic (exact) mass is 343 g/mol. The lowest BCUT2D eigenvalue weighted by molar-refractivity contribution is -0.137. The predicted molar refractivity (Wildman–Crippen MR) is 97.2 cm³/mol. The van der Waals surface area contributed by atoms with Crippen LogP contribution in [0.15, 0.2) is 30.3 Å². The molecule has 136 valence electrons. The molecule has 25 heavy (non-hydrogen) atoms. The first-order valence-corrected chi connectivity index (χ1v) is 9.61. The molecular formula is C20H29N3O2. The van der Waals surface area contributed by atoms with Crippen molar-refractivity contribution in [2.45, 2.75) is 44.0 Å². The quantitative estimate of drug-likeness (QED) is 0.835. The normalized spacial score (nSPS) is 31.1. The van der Waals surface area contributed by atoms with Crippen molar-refractivity contribution in [1.82, 2.24) is 14.7 Å². The highest BCUT2D eigenvalue weighted by atomic mass is 16.5. The van der Waals surface area contributed by atoms with E-state index in [2.05, 4.69) is 52.1 Å². The van der Waals surface area contributed by atoms with Gasteiger partial charge in [0.1, 0.15) is 0 Å². The van der Waals surface area contributed by atoms with E-state index in [-0.39, 0.29) is 12.1 Å². The first kappa shape index (κ1) is 17.0. The lowest BCUT2D eigenvalue weighted by Gasteiger charge is -2.36. The fourth-order valence-electron chi connectivity index (χ4n) is 4.55. The van der Waals surface area contributed by atoms with Gasteiger partial charge in [0, 0.05) is 26.2 Å². The van der Waals surface area contributed by atoms with Crippen molar-refractivity contribution >= 4 is 5.91 Å². The summed E-state index contributed by atoms with van der Waals surface area (Å²) in [6.45, 7) is 5.24. The van der Waals surface area contributed by atoms with E-state index in [1.54, 1.807) is 0 Å². The third-order valence-corrected chi connectivity index (χ3v) is 6.01. The number of piperidine rings is 1. The summed E-state index contributed by atoms with van der Waals surface area (Å²) in [5, 5.41) is 0. The van der Waals surface area contributed by atoms with Crippen molar-refractivity contribution in [2.75, 3.05) is 39.8 Å². The summed E-state index contributed by atoms with van der Waals surface area (Å²) in [5.74, 6) is 0.305. The summed E-state index contributed by atoms with van der Waals surface area (Å²) < 4.78 is 6.02. The SMILES string of the molecule is CN1CCCC[C@@H]1C(=O)N1C[C@@H]2[C@@H](C1)OCCN2Cc1ccccc1. The Morgan fingerprint density at radius 3 is 2.80 bits per heavy atom. The largest absolute Gasteiger partial charge is 0.373 e. The number of carbonyl (C=O) groups is 1. The predicted octanol–water partition coefficient (Wildman–Crippen LogP) is 1.58. The van der Waals surface area contributed by atoms with Crippen LogP contribution in [-0.4, -0.2) is 78.6 Å². The minimum Gasteiger partial charge on any atom is -0.373 e. The van der Waals surface area contributed by atoms with Crippen molar-refractivity contribution in [3.05, 3.63) is 35.9 Å². The van der Waals surface area contributed by atoms with E-state index in [4.69, 9.17) is 4.74 Å². The van der Waals surface area contributed by atoms with Crippen LogP contribution < -0.4 is 0 Å². The molecule has 4 rings (SSSR count). The third kappa shape index (κ3) is 3.59. The van der Waals surface area contributed by atoms with Gasteiger partial charge in [-0.15, -0.1) is 0 Å². The van der Waals surface area contributed by atoms with Gasteiger partial charge in [-0.05, 0) is 32.0 Å². The lowest BCUT2D eigenvalue weighted by atomic mass is 10.0. The lowest BCUT2D eigenvalue weighted by Crippen LogP contribution is -2.50. The number of ether oxygens (including phenoxy) is 1. The van der Waals surface area contributed by atoms with E-state index in [9.17, 15) is 4.79 Å². The van der Waals surface area contributed by atoms with E-state index in [1.807, 2.05) is 0 Å². The molecule has 0 saturated carbocycles. The fraction of sp³-hybridized carbons (Fsp3) is 0.650. The zero-order chi connectivity index (χ0) is 17.2. The molecule has 0 aliphatic carbocycles. The Bertz CT molecular complexity index is 594. The number of hydrogen-bond donors (Lipinski definition) is 0. The van der Waals surface area contributed by atoms with Gasteiger partial charge in [0.15, 0.2) is 0 Å². The molecule has 1 amide bonds. The minimum absolute atomic E-state index is 0.0662. The molecule has 5 heteroatoms. The number of likely N-dealkylation sites (tertiary alicyclic amines) is 2. The average Bonchev–Trinajstić information content (AvgIpc) is 3.08. The van der Waals surface area contributed by atoms with E-state index in [0.29, 0.717) is 11.9 Å². The molecule has 0 aromatic heterocycles. The van der Waals surface area contributed by atoms with Crippen molar-refractivity contribution < 1.29 is 9.53 Å². The Kier molecular flexibility index (Phi) is 5.06. The van der Waals surface area contributed by atoms with Gasteiger partial charge in [0.05, 0.1) is 24.8 Å². The maximum atomic E-state index is 13.0. The molecule has 3 saturated heterocycles. The van der Waals surface area contributed by atoms with E-state index in [1.165, 1.54) is 12.0 Å². The molecule has 0 unspecified atom stereocenters. The zero-order valence-electron chi connectivity index (χ0n) is 15.1. The van der Waals surface area contributed by atoms with Crippen LogP contribution in [0.1, 0.15) is 24.8 Å². The van der Waals surface area contributed by atoms with Crippen LogP contribution in [0.3, 0.4) is 0 Å². The van der Waals surface area contributed by atoms with Gasteiger partial charge in [-0.2, -0.15) is 0 Å². The summed E-state index contributed by atoms with van der Waals surface area (Å²) in [7, 11) is 2.09. The van der Waals surface area contributed by atoms with Gasteiger partial charge in [-0.25, -0.2) is 0 Å². The third-order valence-electron chi connectivity index (χ3n) is 6.01. The molecule has 0 radical (unpaired) electrons. The molecule has 0 spiro atoms. The molecule has 1 aromatic carbocycles. The van der Waals surface area contributed by atoms with Crippen LogP contribution in [0.2, 0.25) is 0 Å². The number of rotatable bonds is 3. The maximum absolute atomic E-state index is 13.0. The molecule has 3 aliphatic heterocycles. The van der Waals surface area contributed by atoms with Crippen LogP contribution >= 0.6 is 0 Å². The van der Waals surface area contributed by atoms with Crippen LogP contribution in [0.4, 0.5) is 0 Å². The molecule has 0 bridgehead atoms. The first-order chi connectivity index (χ1) is 12.2. The second-order valence-electron chi connectivity index (χ2n) is 7.67. The molecule has 1 aromatic rings. The second-order valence-corrected chi connectivity index (χ2v) is 7.67. The Balaban J connectivity index is 1.42. The molecule has 3 fully saturated rings. The smallest absolute Gasteiger partial charge is 0.240 e. The highest BCUT2D eigenvalue weighted by Crippen LogP contribution is 2.27. The van der Waals surface area contributed by atoms with E-state index in [0.717, 1.165) is 52.2 Å². The summed E-state index contributed by atoms with van der Waals surface area (Å²) in [5.41, 5.74) is 1.33. The topological polar surface area (TPSA) is 36.0 Å². The maximum Gasteiger partial charge on any atom is 0.240 e. The van der Waals surface area contributed by atoms with Crippen LogP contribution in [0.25, 0.3) is 0 Å². The standard InChI is InChI=1S/C20H29N3O2/c1-21-10-6-5-9-17(21)20(24)23-14-18-19(15-23)25-12-11-22(18)13-16-7-3-2-4-8-16/h2-4,7-8,17-19H,5-6,9-15H2,1H3/t17-,18-,19-/m1/s1. The van der Waals surface area contributed by atoms with Gasteiger partial charge in [0.25, 0.3) is 0 Å². The van der Waals surface area contributed by atoms with Gasteiger partial charge >= 0.3 is 0 Å². The summed E-state index contributed by atoms with van der Waals surface area (Å²) in [4.78, 5) is 19.8. The highest BCUT2D eigenvalue weighted by molar-refractivity contribution is 5.82. The van der Waals surface area contributed by atoms with Gasteiger partial charge in [0.2, 0.25) is 5.91 Å². The molecule has 3 heterocycles. The Labute approximate surface area is 150 Å². The van der Waals surface area contributed by atoms with E-state index >= 15 is 0 Å². The molecular weight excluding hydrogens is 314 g/mol. The number of likely N-dealkylation sites (N-methyl/N-ethyl adjacent to an activating group) is 1. The zero-order valence-corrected chi connectivity index (χ0v) is 15.1. The second kappa shape index (κ2) is 7.44. The number of benzene rings is 1. The Hall–Kier alpha value is -1.43.